The average Bonchev–Trinajstić information content (AvgIpc) is 1.78. The van der Waals surface area contributed by atoms with Crippen molar-refractivity contribution in [3.8, 4) is 0 Å². The van der Waals surface area contributed by atoms with Crippen LogP contribution in [0, 0.1) is 0 Å². The van der Waals surface area contributed by atoms with E-state index in [0.717, 1.165) is 0 Å². The van der Waals surface area contributed by atoms with Gasteiger partial charge in [0.05, 0.1) is 25.5 Å². The summed E-state index contributed by atoms with van der Waals surface area (Å²) in [7, 11) is -6.32. The fraction of sp³-hybridized carbons (Fsp3) is 1.00. The van der Waals surface area contributed by atoms with Crippen LogP contribution in [0.3, 0.4) is 0 Å². The van der Waals surface area contributed by atoms with E-state index in [1.165, 1.54) is 17.9 Å². The molecule has 0 heterocycles. The number of hydrogen-bond acceptors (Lipinski definition) is 0. The van der Waals surface area contributed by atoms with Gasteiger partial charge >= 0.3 is 33.0 Å². The molecule has 0 aliphatic carbocycles. The van der Waals surface area contributed by atoms with Crippen LogP contribution < -0.4 is 4.90 Å². The molecule has 1 unspecified atom stereocenters. The van der Waals surface area contributed by atoms with Gasteiger partial charge in [0, 0.05) is 0 Å². The van der Waals surface area contributed by atoms with E-state index < -0.39 is 7.81 Å². The summed E-state index contributed by atoms with van der Waals surface area (Å²) < 4.78 is 59.2. The monoisotopic (exact) mass is 325 g/mol. The van der Waals surface area contributed by atoms with Crippen LogP contribution in [0.2, 0.25) is 0 Å². The van der Waals surface area contributed by atoms with Gasteiger partial charge in [-0.05, 0) is 6.42 Å². The van der Waals surface area contributed by atoms with E-state index in [4.69, 9.17) is 0 Å². The predicted molar refractivity (Wildman–Crippen MR) is 54.3 cm³/mol. The molecule has 1 atom stereocenters. The first kappa shape index (κ1) is 17.8. The molecule has 98 valence electrons. The van der Waals surface area contributed by atoms with E-state index >= 15 is 0 Å². The maximum atomic E-state index is 9.87. The fourth-order valence-corrected chi connectivity index (χ4v) is 1.23. The summed E-state index contributed by atoms with van der Waals surface area (Å²) in [6.07, 6.45) is 1.23. The van der Waals surface area contributed by atoms with Gasteiger partial charge in [0.2, 0.25) is 0 Å². The molecule has 0 fully saturated rings. The Morgan fingerprint density at radius 3 is 1.40 bits per heavy atom. The van der Waals surface area contributed by atoms with Crippen LogP contribution in [0.25, 0.3) is 0 Å². The maximum absolute atomic E-state index is 10.7. The Hall–Kier alpha value is 0.450. The molecule has 0 rings (SSSR count). The summed E-state index contributed by atoms with van der Waals surface area (Å²) in [5.74, 6) is 0. The molecule has 0 amide bonds. The molecule has 0 aromatic heterocycles. The summed E-state index contributed by atoms with van der Waals surface area (Å²) in [5.41, 5.74) is 0. The minimum atomic E-state index is -10.7. The van der Waals surface area contributed by atoms with Crippen molar-refractivity contribution in [2.45, 2.75) is 18.2 Å². The second-order valence-corrected chi connectivity index (χ2v) is 6.59. The average molecular weight is 326 g/mol. The van der Waals surface area contributed by atoms with Crippen molar-refractivity contribution in [1.29, 1.82) is 0 Å². The third-order valence-corrected chi connectivity index (χ3v) is 2.04. The van der Waals surface area contributed by atoms with Crippen LogP contribution in [0.5, 0.6) is 0 Å². The molecular weight excluding hydrogens is 311 g/mol. The number of alkyl halides is 1. The quantitative estimate of drug-likeness (QED) is 0.458. The van der Waals surface area contributed by atoms with Gasteiger partial charge in [0.1, 0.15) is 0 Å². The number of halogens is 7. The van der Waals surface area contributed by atoms with Gasteiger partial charge in [-0.1, -0.05) is 22.9 Å². The van der Waals surface area contributed by atoms with Crippen LogP contribution in [0.4, 0.5) is 25.2 Å². The van der Waals surface area contributed by atoms with Gasteiger partial charge in [-0.2, -0.15) is 0 Å². The summed E-state index contributed by atoms with van der Waals surface area (Å²) >= 11 is 3.56. The Kier molecular flexibility index (Phi) is 5.65. The molecule has 0 spiro atoms. The topological polar surface area (TPSA) is 4.44 Å². The van der Waals surface area contributed by atoms with Crippen LogP contribution in [-0.2, 0) is 0 Å². The van der Waals surface area contributed by atoms with E-state index in [-0.39, 0.29) is 0 Å². The van der Waals surface area contributed by atoms with Crippen molar-refractivity contribution < 1.29 is 30.1 Å². The van der Waals surface area contributed by atoms with Gasteiger partial charge in [-0.15, -0.1) is 0 Å². The van der Waals surface area contributed by atoms with E-state index in [1.54, 1.807) is 0 Å². The van der Waals surface area contributed by atoms with E-state index in [2.05, 4.69) is 36.9 Å². The van der Waals surface area contributed by atoms with Crippen molar-refractivity contribution in [2.75, 3.05) is 20.6 Å². The Morgan fingerprint density at radius 2 is 1.33 bits per heavy atom. The van der Waals surface area contributed by atoms with Crippen molar-refractivity contribution in [3.63, 3.8) is 0 Å². The van der Waals surface area contributed by atoms with Gasteiger partial charge in [-0.25, -0.2) is 0 Å². The molecule has 1 nitrogen and oxygen atoms in total. The first-order valence-electron chi connectivity index (χ1n) is 4.11. The fourth-order valence-electron chi connectivity index (χ4n) is 0.587. The minimum absolute atomic E-state index is 0.701. The molecule has 0 bridgehead atoms. The third kappa shape index (κ3) is 53.8. The Labute approximate surface area is 93.2 Å². The molecule has 15 heavy (non-hydrogen) atoms. The number of quaternary nitrogens is 1. The van der Waals surface area contributed by atoms with Crippen molar-refractivity contribution in [2.24, 2.45) is 0 Å². The zero-order chi connectivity index (χ0) is 13.0. The molecule has 9 heteroatoms. The van der Waals surface area contributed by atoms with Crippen LogP contribution in [0.15, 0.2) is 0 Å². The molecule has 0 saturated heterocycles. The van der Waals surface area contributed by atoms with E-state index in [1.807, 2.05) is 0 Å². The summed E-state index contributed by atoms with van der Waals surface area (Å²) in [4.78, 5) is 2.21. The van der Waals surface area contributed by atoms with Crippen LogP contribution >= 0.6 is 23.7 Å². The van der Waals surface area contributed by atoms with Crippen molar-refractivity contribution in [1.82, 2.24) is 0 Å². The second-order valence-electron chi connectivity index (χ2n) is 3.38. The number of nitrogens with one attached hydrogen (secondary N) is 1. The summed E-state index contributed by atoms with van der Waals surface area (Å²) in [6, 6.07) is 0. The van der Waals surface area contributed by atoms with Crippen molar-refractivity contribution >= 4 is 23.7 Å². The number of hydrogen-bond donors (Lipinski definition) is 1. The second kappa shape index (κ2) is 4.75. The standard InChI is InChI=1S/C6H14BrN.F6P/c1-4-6(7)5-8(2)3;1-7(2,3,4,5)6/h6H,4-5H2,1-3H3;/q;-1/p+1. The molecule has 0 radical (unpaired) electrons. The summed E-state index contributed by atoms with van der Waals surface area (Å²) in [6.45, 7) is 3.42. The Bertz CT molecular complexity index is 175. The first-order chi connectivity index (χ1) is 6.11. The zero-order valence-electron chi connectivity index (χ0n) is 8.58. The first-order valence-corrected chi connectivity index (χ1v) is 7.05. The van der Waals surface area contributed by atoms with E-state index in [0.29, 0.717) is 4.83 Å². The van der Waals surface area contributed by atoms with Crippen LogP contribution in [0.1, 0.15) is 13.3 Å². The number of rotatable bonds is 3. The molecule has 0 aromatic carbocycles. The van der Waals surface area contributed by atoms with Crippen molar-refractivity contribution in [3.05, 3.63) is 0 Å². The van der Waals surface area contributed by atoms with Gasteiger partial charge < -0.3 is 4.90 Å². The Balaban J connectivity index is 0. The van der Waals surface area contributed by atoms with Gasteiger partial charge in [0.25, 0.3) is 0 Å². The Morgan fingerprint density at radius 1 is 1.07 bits per heavy atom. The molecular formula is C6H15BrF6NP. The summed E-state index contributed by atoms with van der Waals surface area (Å²) in [5, 5.41) is 0. The SMILES string of the molecule is CCC(Br)C[NH+](C)C.F[P-](F)(F)(F)(F)F. The molecule has 0 aliphatic heterocycles. The van der Waals surface area contributed by atoms with Gasteiger partial charge in [0.15, 0.2) is 0 Å². The van der Waals surface area contributed by atoms with E-state index in [9.17, 15) is 25.2 Å². The zero-order valence-corrected chi connectivity index (χ0v) is 11.1. The molecule has 1 N–H and O–H groups in total. The molecule has 0 aliphatic rings. The van der Waals surface area contributed by atoms with Gasteiger partial charge in [-0.3, -0.25) is 0 Å². The predicted octanol–water partition coefficient (Wildman–Crippen LogP) is 3.69. The molecule has 0 aromatic rings. The third-order valence-electron chi connectivity index (χ3n) is 1.07. The molecule has 0 saturated carbocycles. The normalized spacial score (nSPS) is 18.6. The van der Waals surface area contributed by atoms with Crippen LogP contribution in [-0.4, -0.2) is 25.5 Å².